The Labute approximate surface area is 89.1 Å². The molecule has 0 aliphatic heterocycles. The topological polar surface area (TPSA) is 59.9 Å². The summed E-state index contributed by atoms with van der Waals surface area (Å²) in [4.78, 5) is 0. The zero-order chi connectivity index (χ0) is 10.7. The van der Waals surface area contributed by atoms with Gasteiger partial charge in [0.15, 0.2) is 0 Å². The molecule has 0 spiro atoms. The Balaban J connectivity index is 2.30. The van der Waals surface area contributed by atoms with Crippen molar-refractivity contribution in [3.8, 4) is 5.75 Å². The largest absolute Gasteiger partial charge is 0.495 e. The van der Waals surface area contributed by atoms with Crippen molar-refractivity contribution in [1.29, 1.82) is 0 Å². The highest BCUT2D eigenvalue weighted by Gasteiger charge is 2.06. The highest BCUT2D eigenvalue weighted by Crippen LogP contribution is 2.28. The standard InChI is InChI=1S/C8H7FN4OS/c1-14-7-3-2-5(9)4-6(7)10-8-11-12-13-15-8/h2-4H,1H3,(H,10,11,13). The van der Waals surface area contributed by atoms with Crippen LogP contribution >= 0.6 is 11.5 Å². The number of nitrogens with one attached hydrogen (secondary N) is 1. The molecule has 5 nitrogen and oxygen atoms in total. The van der Waals surface area contributed by atoms with Crippen LogP contribution in [0.25, 0.3) is 0 Å². The van der Waals surface area contributed by atoms with Gasteiger partial charge in [-0.1, -0.05) is 9.59 Å². The molecular weight excluding hydrogens is 219 g/mol. The Morgan fingerprint density at radius 2 is 2.33 bits per heavy atom. The SMILES string of the molecule is COc1ccc(F)cc1Nc1nnns1. The van der Waals surface area contributed by atoms with Crippen LogP contribution in [0.15, 0.2) is 18.2 Å². The van der Waals surface area contributed by atoms with E-state index in [1.807, 2.05) is 0 Å². The molecule has 1 heterocycles. The molecule has 0 amide bonds. The molecule has 0 radical (unpaired) electrons. The van der Waals surface area contributed by atoms with E-state index < -0.39 is 0 Å². The van der Waals surface area contributed by atoms with Crippen LogP contribution in [0.5, 0.6) is 5.75 Å². The van der Waals surface area contributed by atoms with Gasteiger partial charge in [0.25, 0.3) is 0 Å². The number of halogens is 1. The van der Waals surface area contributed by atoms with E-state index in [1.165, 1.54) is 25.3 Å². The predicted octanol–water partition coefficient (Wildman–Crippen LogP) is 1.82. The average molecular weight is 226 g/mol. The molecule has 7 heteroatoms. The summed E-state index contributed by atoms with van der Waals surface area (Å²) in [7, 11) is 1.51. The van der Waals surface area contributed by atoms with Gasteiger partial charge in [0, 0.05) is 17.6 Å². The lowest BCUT2D eigenvalue weighted by Crippen LogP contribution is -1.95. The second-order valence-corrected chi connectivity index (χ2v) is 3.37. The average Bonchev–Trinajstić information content (AvgIpc) is 2.71. The minimum atomic E-state index is -0.351. The monoisotopic (exact) mass is 226 g/mol. The molecule has 2 aromatic rings. The molecule has 15 heavy (non-hydrogen) atoms. The first-order valence-corrected chi connectivity index (χ1v) is 4.82. The van der Waals surface area contributed by atoms with Gasteiger partial charge in [0.1, 0.15) is 11.6 Å². The number of rotatable bonds is 3. The minimum Gasteiger partial charge on any atom is -0.495 e. The molecule has 2 rings (SSSR count). The van der Waals surface area contributed by atoms with Crippen molar-refractivity contribution in [1.82, 2.24) is 14.8 Å². The number of hydrogen-bond donors (Lipinski definition) is 1. The van der Waals surface area contributed by atoms with Gasteiger partial charge in [-0.3, -0.25) is 0 Å². The highest BCUT2D eigenvalue weighted by molar-refractivity contribution is 7.09. The fraction of sp³-hybridized carbons (Fsp3) is 0.125. The summed E-state index contributed by atoms with van der Waals surface area (Å²) in [6, 6.07) is 4.18. The molecule has 0 bridgehead atoms. The number of benzene rings is 1. The van der Waals surface area contributed by atoms with Crippen molar-refractivity contribution in [3.63, 3.8) is 0 Å². The number of aromatic nitrogens is 3. The lowest BCUT2D eigenvalue weighted by atomic mass is 10.3. The molecule has 0 saturated heterocycles. The van der Waals surface area contributed by atoms with Gasteiger partial charge in [0.05, 0.1) is 12.8 Å². The molecule has 0 atom stereocenters. The second kappa shape index (κ2) is 4.18. The Bertz CT molecular complexity index is 448. The van der Waals surface area contributed by atoms with Crippen molar-refractivity contribution >= 4 is 22.4 Å². The summed E-state index contributed by atoms with van der Waals surface area (Å²) in [6.45, 7) is 0. The summed E-state index contributed by atoms with van der Waals surface area (Å²) in [5.41, 5.74) is 0.496. The van der Waals surface area contributed by atoms with E-state index in [0.29, 0.717) is 16.6 Å². The third kappa shape index (κ3) is 2.18. The van der Waals surface area contributed by atoms with Gasteiger partial charge < -0.3 is 10.1 Å². The van der Waals surface area contributed by atoms with Crippen LogP contribution in [0.3, 0.4) is 0 Å². The molecule has 0 unspecified atom stereocenters. The van der Waals surface area contributed by atoms with E-state index >= 15 is 0 Å². The zero-order valence-electron chi connectivity index (χ0n) is 7.77. The maximum atomic E-state index is 13.0. The summed E-state index contributed by atoms with van der Waals surface area (Å²) in [6.07, 6.45) is 0. The zero-order valence-corrected chi connectivity index (χ0v) is 8.58. The summed E-state index contributed by atoms with van der Waals surface area (Å²) in [5, 5.41) is 10.4. The van der Waals surface area contributed by atoms with E-state index in [4.69, 9.17) is 4.74 Å². The van der Waals surface area contributed by atoms with E-state index in [0.717, 1.165) is 11.5 Å². The third-order valence-electron chi connectivity index (χ3n) is 1.70. The van der Waals surface area contributed by atoms with E-state index in [2.05, 4.69) is 20.1 Å². The van der Waals surface area contributed by atoms with Crippen molar-refractivity contribution in [3.05, 3.63) is 24.0 Å². The van der Waals surface area contributed by atoms with Gasteiger partial charge in [-0.15, -0.1) is 0 Å². The first-order valence-electron chi connectivity index (χ1n) is 4.05. The van der Waals surface area contributed by atoms with Crippen LogP contribution in [0.4, 0.5) is 15.2 Å². The maximum absolute atomic E-state index is 13.0. The molecule has 0 fully saturated rings. The first-order chi connectivity index (χ1) is 7.29. The highest BCUT2D eigenvalue weighted by atomic mass is 32.1. The molecule has 0 aliphatic rings. The molecule has 1 N–H and O–H groups in total. The van der Waals surface area contributed by atoms with Crippen LogP contribution < -0.4 is 10.1 Å². The molecular formula is C8H7FN4OS. The Hall–Kier alpha value is -1.76. The van der Waals surface area contributed by atoms with Crippen LogP contribution in [-0.2, 0) is 0 Å². The first kappa shape index (κ1) is 9.78. The predicted molar refractivity (Wildman–Crippen MR) is 53.9 cm³/mol. The van der Waals surface area contributed by atoms with Crippen molar-refractivity contribution in [2.45, 2.75) is 0 Å². The maximum Gasteiger partial charge on any atom is 0.229 e. The molecule has 78 valence electrons. The molecule has 1 aromatic carbocycles. The third-order valence-corrected chi connectivity index (χ3v) is 2.21. The van der Waals surface area contributed by atoms with Gasteiger partial charge in [-0.05, 0) is 17.3 Å². The van der Waals surface area contributed by atoms with Gasteiger partial charge in [-0.25, -0.2) is 4.39 Å². The van der Waals surface area contributed by atoms with Crippen molar-refractivity contribution in [2.75, 3.05) is 12.4 Å². The van der Waals surface area contributed by atoms with Crippen LogP contribution in [-0.4, -0.2) is 21.9 Å². The number of ether oxygens (including phenoxy) is 1. The Morgan fingerprint density at radius 1 is 1.47 bits per heavy atom. The van der Waals surface area contributed by atoms with Crippen LogP contribution in [0, 0.1) is 5.82 Å². The van der Waals surface area contributed by atoms with Gasteiger partial charge in [-0.2, -0.15) is 0 Å². The van der Waals surface area contributed by atoms with Crippen LogP contribution in [0.2, 0.25) is 0 Å². The summed E-state index contributed by atoms with van der Waals surface area (Å²) < 4.78 is 21.6. The molecule has 0 saturated carbocycles. The Morgan fingerprint density at radius 3 is 3.00 bits per heavy atom. The van der Waals surface area contributed by atoms with E-state index in [-0.39, 0.29) is 5.82 Å². The number of anilines is 2. The molecule has 1 aromatic heterocycles. The molecule has 0 aliphatic carbocycles. The lowest BCUT2D eigenvalue weighted by molar-refractivity contribution is 0.416. The Kier molecular flexibility index (Phi) is 2.72. The smallest absolute Gasteiger partial charge is 0.229 e. The number of nitrogens with zero attached hydrogens (tertiary/aromatic N) is 3. The van der Waals surface area contributed by atoms with Crippen LogP contribution in [0.1, 0.15) is 0 Å². The van der Waals surface area contributed by atoms with Gasteiger partial charge in [0.2, 0.25) is 5.13 Å². The van der Waals surface area contributed by atoms with E-state index in [9.17, 15) is 4.39 Å². The lowest BCUT2D eigenvalue weighted by Gasteiger charge is -2.07. The van der Waals surface area contributed by atoms with Gasteiger partial charge >= 0.3 is 0 Å². The fourth-order valence-electron chi connectivity index (χ4n) is 1.07. The van der Waals surface area contributed by atoms with Crippen molar-refractivity contribution < 1.29 is 9.13 Å². The fourth-order valence-corrected chi connectivity index (χ4v) is 1.45. The number of methoxy groups -OCH3 is 1. The second-order valence-electron chi connectivity index (χ2n) is 2.64. The summed E-state index contributed by atoms with van der Waals surface area (Å²) >= 11 is 1.08. The summed E-state index contributed by atoms with van der Waals surface area (Å²) in [5.74, 6) is 0.183. The quantitative estimate of drug-likeness (QED) is 0.865. The number of hydrogen-bond acceptors (Lipinski definition) is 6. The minimum absolute atomic E-state index is 0.351. The van der Waals surface area contributed by atoms with Crippen molar-refractivity contribution in [2.24, 2.45) is 0 Å². The normalized spacial score (nSPS) is 10.0. The van der Waals surface area contributed by atoms with E-state index in [1.54, 1.807) is 0 Å².